The summed E-state index contributed by atoms with van der Waals surface area (Å²) in [5.74, 6) is -2.72. The molecule has 432 valence electrons. The van der Waals surface area contributed by atoms with Gasteiger partial charge in [-0.15, -0.1) is 10.2 Å². The van der Waals surface area contributed by atoms with Gasteiger partial charge < -0.3 is 34.7 Å². The van der Waals surface area contributed by atoms with Crippen molar-refractivity contribution in [3.8, 4) is 40.0 Å². The normalized spacial score (nSPS) is 20.8. The molecule has 3 aromatic carbocycles. The van der Waals surface area contributed by atoms with Gasteiger partial charge in [-0.2, -0.15) is 13.2 Å². The van der Waals surface area contributed by atoms with E-state index in [9.17, 15) is 47.7 Å². The maximum absolute atomic E-state index is 15.6. The van der Waals surface area contributed by atoms with E-state index in [-0.39, 0.29) is 82.3 Å². The van der Waals surface area contributed by atoms with E-state index in [4.69, 9.17) is 14.5 Å². The van der Waals surface area contributed by atoms with Gasteiger partial charge in [0.15, 0.2) is 11.4 Å². The number of aromatic hydroxyl groups is 2. The summed E-state index contributed by atoms with van der Waals surface area (Å²) in [5.41, 5.74) is 3.68. The van der Waals surface area contributed by atoms with E-state index in [0.717, 1.165) is 73.7 Å². The summed E-state index contributed by atoms with van der Waals surface area (Å²) in [5, 5.41) is 45.7. The Bertz CT molecular complexity index is 3640. The fourth-order valence-electron chi connectivity index (χ4n) is 12.4. The van der Waals surface area contributed by atoms with Gasteiger partial charge in [-0.25, -0.2) is 19.0 Å². The third kappa shape index (κ3) is 10.8. The number of likely N-dealkylation sites (tertiary alicyclic amines) is 1. The number of aliphatic hydroxyl groups is 1. The number of rotatable bonds is 15. The monoisotopic (exact) mass is 1170 g/mol. The molecule has 0 spiro atoms. The number of piperidine rings is 1. The zero-order valence-electron chi connectivity index (χ0n) is 45.8. The molecule has 2 aliphatic carbocycles. The number of carbonyl (C=O) groups excluding carboxylic acids is 3. The number of aryl methyl sites for hydroxylation is 1. The minimum atomic E-state index is -4.55. The molecule has 6 aromatic rings. The van der Waals surface area contributed by atoms with Gasteiger partial charge >= 0.3 is 18.2 Å². The SMILES string of the molecule is C=C(CC(=O)c1nnc(-c2cc(C(C)C)c(O)cc2O)n1-c1ccc(CN2CCC(SSC3CCCC[C@H]3OC(=O)N[C@@H]3CCc4c(C)c(F)cc5nc6c(c3c45)Cn3c-6cc4c(c3=O)COC(=O)[C@]4(O)CC)CC2)cc1)CC(F)(F)F. The summed E-state index contributed by atoms with van der Waals surface area (Å²) >= 11 is 0. The van der Waals surface area contributed by atoms with Crippen molar-refractivity contribution in [1.29, 1.82) is 0 Å². The van der Waals surface area contributed by atoms with E-state index >= 15 is 4.39 Å². The van der Waals surface area contributed by atoms with Crippen LogP contribution in [0.2, 0.25) is 0 Å². The molecule has 1 amide bonds. The van der Waals surface area contributed by atoms with Crippen LogP contribution in [0, 0.1) is 12.7 Å². The lowest BCUT2D eigenvalue weighted by atomic mass is 9.81. The Morgan fingerprint density at radius 3 is 2.43 bits per heavy atom. The van der Waals surface area contributed by atoms with E-state index in [1.165, 1.54) is 16.7 Å². The standard InChI is InChI=1S/C60H63F4N7O9S2/c1-6-59(78)41-23-45-53-39(28-70(45)56(75)40(41)29-79-57(59)76)52-43(16-15-36-32(5)42(61)24-44(65-53)51(36)52)66-58(77)80-49-9-7-8-10-50(49)82-81-35-17-19-69(20-18-35)27-33-11-13-34(14-12-33)71-54(38-22-37(30(2)3)46(72)25-47(38)73)67-68-55(71)48(74)21-31(4)26-60(62,63)64/h11-14,22-25,30,35,43,49-50,72-73,78H,4,6-10,15-21,26-29H2,1-3,5H3,(H,66,77)/t43-,49-,50?,59+/m1/s1. The number of alkyl carbamates (subject to hydrolysis) is 1. The second-order valence-corrected chi connectivity index (χ2v) is 25.4. The number of allylic oxidation sites excluding steroid dienone is 1. The summed E-state index contributed by atoms with van der Waals surface area (Å²) in [7, 11) is 3.62. The molecule has 4 N–H and O–H groups in total. The predicted octanol–water partition coefficient (Wildman–Crippen LogP) is 11.5. The number of carbonyl (C=O) groups is 3. The van der Waals surface area contributed by atoms with Crippen molar-refractivity contribution in [2.45, 2.75) is 158 Å². The van der Waals surface area contributed by atoms with Crippen LogP contribution in [-0.2, 0) is 46.0 Å². The molecule has 1 saturated heterocycles. The fraction of sp³-hybridized carbons (Fsp3) is 0.450. The molecule has 0 bridgehead atoms. The van der Waals surface area contributed by atoms with Gasteiger partial charge in [0, 0.05) is 52.5 Å². The second kappa shape index (κ2) is 22.4. The second-order valence-electron chi connectivity index (χ2n) is 22.6. The third-order valence-corrected chi connectivity index (χ3v) is 20.3. The molecule has 3 aromatic heterocycles. The van der Waals surface area contributed by atoms with E-state index in [1.807, 2.05) is 36.8 Å². The lowest BCUT2D eigenvalue weighted by Crippen LogP contribution is -2.44. The lowest BCUT2D eigenvalue weighted by molar-refractivity contribution is -0.172. The Labute approximate surface area is 478 Å². The number of amides is 1. The van der Waals surface area contributed by atoms with Crippen LogP contribution in [0.5, 0.6) is 11.5 Å². The van der Waals surface area contributed by atoms with Crippen LogP contribution in [0.1, 0.15) is 152 Å². The number of esters is 1. The molecule has 82 heavy (non-hydrogen) atoms. The van der Waals surface area contributed by atoms with Gasteiger partial charge in [-0.3, -0.25) is 19.1 Å². The zero-order valence-corrected chi connectivity index (χ0v) is 47.5. The van der Waals surface area contributed by atoms with E-state index in [0.29, 0.717) is 63.9 Å². The van der Waals surface area contributed by atoms with Crippen molar-refractivity contribution in [3.05, 3.63) is 127 Å². The van der Waals surface area contributed by atoms with Crippen LogP contribution >= 0.6 is 21.6 Å². The molecule has 16 nitrogen and oxygen atoms in total. The Hall–Kier alpha value is -6.75. The number of halogens is 4. The average molecular weight is 1170 g/mol. The number of ether oxygens (including phenoxy) is 2. The first kappa shape index (κ1) is 57.1. The smallest absolute Gasteiger partial charge is 0.407 e. The number of hydrogen-bond acceptors (Lipinski definition) is 15. The maximum Gasteiger partial charge on any atom is 0.407 e. The summed E-state index contributed by atoms with van der Waals surface area (Å²) < 4.78 is 69.8. The maximum atomic E-state index is 15.6. The van der Waals surface area contributed by atoms with Crippen molar-refractivity contribution in [1.82, 2.24) is 34.5 Å². The molecule has 1 saturated carbocycles. The number of Topliss-reactive ketones (excluding diaryl/α,β-unsaturated/α-hetero) is 1. The number of nitrogens with zero attached hydrogens (tertiary/aromatic N) is 6. The van der Waals surface area contributed by atoms with Gasteiger partial charge in [-0.05, 0) is 129 Å². The van der Waals surface area contributed by atoms with Gasteiger partial charge in [0.05, 0.1) is 52.3 Å². The Balaban J connectivity index is 0.738. The van der Waals surface area contributed by atoms with Crippen LogP contribution < -0.4 is 10.9 Å². The fourth-order valence-corrected chi connectivity index (χ4v) is 15.8. The molecule has 1 unspecified atom stereocenters. The van der Waals surface area contributed by atoms with Crippen molar-refractivity contribution in [3.63, 3.8) is 0 Å². The highest BCUT2D eigenvalue weighted by Gasteiger charge is 2.46. The molecular weight excluding hydrogens is 1100 g/mol. The van der Waals surface area contributed by atoms with Crippen molar-refractivity contribution < 1.29 is 56.7 Å². The molecule has 5 aliphatic rings. The molecule has 6 heterocycles. The number of alkyl halides is 3. The number of cyclic esters (lactones) is 1. The number of hydrogen-bond donors (Lipinski definition) is 4. The summed E-state index contributed by atoms with van der Waals surface area (Å²) in [6.07, 6.45) is -1.06. The number of phenolic OH excluding ortho intramolecular Hbond substituents is 2. The number of ketones is 1. The van der Waals surface area contributed by atoms with Crippen LogP contribution in [0.15, 0.2) is 65.5 Å². The predicted molar refractivity (Wildman–Crippen MR) is 302 cm³/mol. The highest BCUT2D eigenvalue weighted by molar-refractivity contribution is 8.77. The summed E-state index contributed by atoms with van der Waals surface area (Å²) in [4.78, 5) is 62.0. The quantitative estimate of drug-likeness (QED) is 0.0247. The van der Waals surface area contributed by atoms with Gasteiger partial charge in [0.25, 0.3) is 5.56 Å². The molecule has 4 atom stereocenters. The molecular formula is C60H63F4N7O9S2. The lowest BCUT2D eigenvalue weighted by Gasteiger charge is -2.35. The highest BCUT2D eigenvalue weighted by atomic mass is 33.1. The molecule has 3 aliphatic heterocycles. The first-order valence-electron chi connectivity index (χ1n) is 27.8. The largest absolute Gasteiger partial charge is 0.508 e. The first-order valence-corrected chi connectivity index (χ1v) is 30.1. The topological polar surface area (TPSA) is 211 Å². The number of phenols is 2. The van der Waals surface area contributed by atoms with Crippen LogP contribution in [-0.4, -0.2) is 98.3 Å². The first-order chi connectivity index (χ1) is 39.1. The van der Waals surface area contributed by atoms with Crippen molar-refractivity contribution in [2.75, 3.05) is 13.1 Å². The minimum absolute atomic E-state index is 0.0145. The van der Waals surface area contributed by atoms with E-state index in [2.05, 4.69) is 27.0 Å². The van der Waals surface area contributed by atoms with E-state index in [1.54, 1.807) is 53.5 Å². The summed E-state index contributed by atoms with van der Waals surface area (Å²) in [6.45, 7) is 12.7. The molecule has 22 heteroatoms. The van der Waals surface area contributed by atoms with Crippen molar-refractivity contribution in [2.24, 2.45) is 0 Å². The molecule has 11 rings (SSSR count). The number of aromatic nitrogens is 5. The number of pyridine rings is 2. The average Bonchev–Trinajstić information content (AvgIpc) is 2.29. The van der Waals surface area contributed by atoms with Crippen LogP contribution in [0.3, 0.4) is 0 Å². The minimum Gasteiger partial charge on any atom is -0.508 e. The Morgan fingerprint density at radius 2 is 1.71 bits per heavy atom. The summed E-state index contributed by atoms with van der Waals surface area (Å²) in [6, 6.07) is 12.6. The molecule has 0 radical (unpaired) electrons. The van der Waals surface area contributed by atoms with Gasteiger partial charge in [0.1, 0.15) is 30.0 Å². The highest BCUT2D eigenvalue weighted by Crippen LogP contribution is 2.48. The molecule has 2 fully saturated rings. The Kier molecular flexibility index (Phi) is 15.6. The van der Waals surface area contributed by atoms with Crippen LogP contribution in [0.4, 0.5) is 22.4 Å². The van der Waals surface area contributed by atoms with Gasteiger partial charge in [-0.1, -0.05) is 73.1 Å². The number of fused-ring (bicyclic) bond motifs is 5. The number of benzene rings is 3. The third-order valence-electron chi connectivity index (χ3n) is 16.8. The van der Waals surface area contributed by atoms with Crippen LogP contribution in [0.25, 0.3) is 39.4 Å². The zero-order chi connectivity index (χ0) is 58.1. The Morgan fingerprint density at radius 1 is 0.963 bits per heavy atom. The van der Waals surface area contributed by atoms with Gasteiger partial charge in [0.2, 0.25) is 11.6 Å². The van der Waals surface area contributed by atoms with E-state index < -0.39 is 59.9 Å². The van der Waals surface area contributed by atoms with Crippen molar-refractivity contribution >= 4 is 50.3 Å². The number of nitrogens with one attached hydrogen (secondary N) is 1.